The maximum absolute atomic E-state index is 10.6. The number of hydrogen-bond donors (Lipinski definition) is 1. The summed E-state index contributed by atoms with van der Waals surface area (Å²) < 4.78 is 1.16. The van der Waals surface area contributed by atoms with E-state index in [0.29, 0.717) is 17.9 Å². The van der Waals surface area contributed by atoms with Crippen LogP contribution in [-0.4, -0.2) is 15.7 Å². The number of aromatic nitrogens is 1. The Balaban J connectivity index is 1.76. The van der Waals surface area contributed by atoms with Gasteiger partial charge in [0.25, 0.3) is 0 Å². The van der Waals surface area contributed by atoms with Crippen LogP contribution in [0.1, 0.15) is 17.5 Å². The molecule has 4 heteroatoms. The van der Waals surface area contributed by atoms with Crippen LogP contribution in [0, 0.1) is 0 Å². The lowest BCUT2D eigenvalue weighted by Crippen LogP contribution is -2.30. The molecule has 0 amide bonds. The molecule has 1 N–H and O–H groups in total. The Morgan fingerprint density at radius 1 is 1.10 bits per heavy atom. The number of nitrogens with zero attached hydrogens (tertiary/aromatic N) is 1. The minimum absolute atomic E-state index is 0.551. The maximum Gasteiger partial charge on any atom is 0.0967 e. The quantitative estimate of drug-likeness (QED) is 0.769. The molecule has 1 atom stereocenters. The zero-order chi connectivity index (χ0) is 14.9. The van der Waals surface area contributed by atoms with Crippen molar-refractivity contribution in [2.45, 2.75) is 25.4 Å². The van der Waals surface area contributed by atoms with Crippen LogP contribution in [0.3, 0.4) is 0 Å². The largest absolute Gasteiger partial charge is 0.389 e. The number of rotatable bonds is 4. The van der Waals surface area contributed by atoms with Crippen molar-refractivity contribution in [2.24, 2.45) is 0 Å². The molecule has 0 saturated carbocycles. The van der Waals surface area contributed by atoms with Gasteiger partial charge in [-0.1, -0.05) is 35.9 Å². The Morgan fingerprint density at radius 2 is 1.81 bits per heavy atom. The van der Waals surface area contributed by atoms with E-state index in [-0.39, 0.29) is 0 Å². The minimum Gasteiger partial charge on any atom is -0.389 e. The molecule has 0 saturated heterocycles. The fraction of sp³-hybridized carbons (Fsp3) is 0.235. The lowest BCUT2D eigenvalue weighted by molar-refractivity contribution is 0.0608. The lowest BCUT2D eigenvalue weighted by atomic mass is 9.93. The summed E-state index contributed by atoms with van der Waals surface area (Å²) in [5.74, 6) is 0. The number of benzene rings is 2. The summed E-state index contributed by atoms with van der Waals surface area (Å²) in [5.41, 5.74) is 1.26. The SMILES string of the molecule is CC(O)(Cc1ccc(Cl)cc1)Cc1nc2ccccc2s1. The Morgan fingerprint density at radius 3 is 2.52 bits per heavy atom. The van der Waals surface area contributed by atoms with Crippen LogP contribution < -0.4 is 0 Å². The summed E-state index contributed by atoms with van der Waals surface area (Å²) in [5, 5.41) is 12.3. The monoisotopic (exact) mass is 317 g/mol. The van der Waals surface area contributed by atoms with E-state index in [2.05, 4.69) is 11.1 Å². The molecular formula is C17H16ClNOS. The van der Waals surface area contributed by atoms with E-state index in [1.54, 1.807) is 11.3 Å². The minimum atomic E-state index is -0.818. The molecule has 3 rings (SSSR count). The van der Waals surface area contributed by atoms with Gasteiger partial charge in [0.1, 0.15) is 0 Å². The molecule has 0 fully saturated rings. The van der Waals surface area contributed by atoms with Crippen LogP contribution >= 0.6 is 22.9 Å². The molecule has 0 aliphatic heterocycles. The van der Waals surface area contributed by atoms with Gasteiger partial charge in [0.2, 0.25) is 0 Å². The van der Waals surface area contributed by atoms with Gasteiger partial charge in [-0.2, -0.15) is 0 Å². The van der Waals surface area contributed by atoms with E-state index < -0.39 is 5.60 Å². The van der Waals surface area contributed by atoms with Crippen LogP contribution in [-0.2, 0) is 12.8 Å². The average molecular weight is 318 g/mol. The molecule has 0 radical (unpaired) electrons. The van der Waals surface area contributed by atoms with Gasteiger partial charge in [0.05, 0.1) is 20.8 Å². The third-order valence-corrected chi connectivity index (χ3v) is 4.66. The molecule has 0 spiro atoms. The van der Waals surface area contributed by atoms with Gasteiger partial charge >= 0.3 is 0 Å². The van der Waals surface area contributed by atoms with Crippen molar-refractivity contribution < 1.29 is 5.11 Å². The van der Waals surface area contributed by atoms with Crippen LogP contribution in [0.15, 0.2) is 48.5 Å². The zero-order valence-electron chi connectivity index (χ0n) is 11.7. The van der Waals surface area contributed by atoms with Gasteiger partial charge in [-0.25, -0.2) is 4.98 Å². The number of aliphatic hydroxyl groups is 1. The number of hydrogen-bond acceptors (Lipinski definition) is 3. The summed E-state index contributed by atoms with van der Waals surface area (Å²) in [6, 6.07) is 15.7. The number of fused-ring (bicyclic) bond motifs is 1. The van der Waals surface area contributed by atoms with Gasteiger partial charge < -0.3 is 5.11 Å². The van der Waals surface area contributed by atoms with E-state index in [1.165, 1.54) is 0 Å². The molecule has 0 aliphatic carbocycles. The molecule has 0 aliphatic rings. The topological polar surface area (TPSA) is 33.1 Å². The molecule has 108 valence electrons. The smallest absolute Gasteiger partial charge is 0.0967 e. The summed E-state index contributed by atoms with van der Waals surface area (Å²) in [7, 11) is 0. The van der Waals surface area contributed by atoms with Crippen molar-refractivity contribution in [2.75, 3.05) is 0 Å². The predicted molar refractivity (Wildman–Crippen MR) is 89.1 cm³/mol. The highest BCUT2D eigenvalue weighted by Crippen LogP contribution is 2.26. The van der Waals surface area contributed by atoms with Gasteiger partial charge in [0, 0.05) is 17.9 Å². The maximum atomic E-state index is 10.6. The molecule has 21 heavy (non-hydrogen) atoms. The average Bonchev–Trinajstić information content (AvgIpc) is 2.82. The highest BCUT2D eigenvalue weighted by Gasteiger charge is 2.23. The van der Waals surface area contributed by atoms with E-state index in [0.717, 1.165) is 20.8 Å². The first kappa shape index (κ1) is 14.5. The molecule has 3 aromatic rings. The Bertz CT molecular complexity index is 716. The van der Waals surface area contributed by atoms with Crippen LogP contribution in [0.25, 0.3) is 10.2 Å². The first-order chi connectivity index (χ1) is 10.0. The highest BCUT2D eigenvalue weighted by atomic mass is 35.5. The van der Waals surface area contributed by atoms with Crippen molar-refractivity contribution >= 4 is 33.2 Å². The van der Waals surface area contributed by atoms with Crippen LogP contribution in [0.5, 0.6) is 0 Å². The Kier molecular flexibility index (Phi) is 3.98. The molecular weight excluding hydrogens is 302 g/mol. The van der Waals surface area contributed by atoms with Crippen molar-refractivity contribution in [1.29, 1.82) is 0 Å². The first-order valence-electron chi connectivity index (χ1n) is 6.83. The van der Waals surface area contributed by atoms with Crippen LogP contribution in [0.4, 0.5) is 0 Å². The summed E-state index contributed by atoms with van der Waals surface area (Å²) in [4.78, 5) is 4.59. The van der Waals surface area contributed by atoms with E-state index >= 15 is 0 Å². The summed E-state index contributed by atoms with van der Waals surface area (Å²) in [6.45, 7) is 1.85. The van der Waals surface area contributed by atoms with Crippen molar-refractivity contribution in [1.82, 2.24) is 4.98 Å². The van der Waals surface area contributed by atoms with Crippen molar-refractivity contribution in [3.05, 3.63) is 64.1 Å². The third kappa shape index (κ3) is 3.62. The lowest BCUT2D eigenvalue weighted by Gasteiger charge is -2.22. The predicted octanol–water partition coefficient (Wildman–Crippen LogP) is 4.49. The van der Waals surface area contributed by atoms with Crippen molar-refractivity contribution in [3.8, 4) is 0 Å². The van der Waals surface area contributed by atoms with Crippen molar-refractivity contribution in [3.63, 3.8) is 0 Å². The number of halogens is 1. The fourth-order valence-corrected chi connectivity index (χ4v) is 3.70. The highest BCUT2D eigenvalue weighted by molar-refractivity contribution is 7.18. The molecule has 1 heterocycles. The molecule has 2 nitrogen and oxygen atoms in total. The molecule has 2 aromatic carbocycles. The normalized spacial score (nSPS) is 14.2. The van der Waals surface area contributed by atoms with E-state index in [9.17, 15) is 5.11 Å². The van der Waals surface area contributed by atoms with Gasteiger partial charge in [-0.05, 0) is 36.8 Å². The second kappa shape index (κ2) is 5.76. The van der Waals surface area contributed by atoms with E-state index in [4.69, 9.17) is 11.6 Å². The Labute approximate surface area is 133 Å². The summed E-state index contributed by atoms with van der Waals surface area (Å²) in [6.07, 6.45) is 1.13. The zero-order valence-corrected chi connectivity index (χ0v) is 13.3. The standard InChI is InChI=1S/C17H16ClNOS/c1-17(20,10-12-6-8-13(18)9-7-12)11-16-19-14-4-2-3-5-15(14)21-16/h2-9,20H,10-11H2,1H3. The van der Waals surface area contributed by atoms with Gasteiger partial charge in [-0.3, -0.25) is 0 Å². The number of thiazole rings is 1. The summed E-state index contributed by atoms with van der Waals surface area (Å²) >= 11 is 7.53. The van der Waals surface area contributed by atoms with Gasteiger partial charge in [-0.15, -0.1) is 11.3 Å². The first-order valence-corrected chi connectivity index (χ1v) is 8.03. The Hall–Kier alpha value is -1.42. The second-order valence-electron chi connectivity index (χ2n) is 5.55. The number of para-hydroxylation sites is 1. The molecule has 1 unspecified atom stereocenters. The fourth-order valence-electron chi connectivity index (χ4n) is 2.43. The van der Waals surface area contributed by atoms with E-state index in [1.807, 2.05) is 49.4 Å². The molecule has 1 aromatic heterocycles. The van der Waals surface area contributed by atoms with Crippen LogP contribution in [0.2, 0.25) is 5.02 Å². The van der Waals surface area contributed by atoms with Gasteiger partial charge in [0.15, 0.2) is 0 Å². The second-order valence-corrected chi connectivity index (χ2v) is 7.10. The third-order valence-electron chi connectivity index (χ3n) is 3.37. The molecule has 0 bridgehead atoms.